The number of pyridine rings is 1. The van der Waals surface area contributed by atoms with Crippen LogP contribution in [-0.2, 0) is 17.7 Å². The molecule has 0 saturated carbocycles. The second kappa shape index (κ2) is 9.96. The number of aromatic carboxylic acids is 1. The van der Waals surface area contributed by atoms with Crippen molar-refractivity contribution >= 4 is 39.0 Å². The van der Waals surface area contributed by atoms with Gasteiger partial charge < -0.3 is 18.8 Å². The zero-order valence-corrected chi connectivity index (χ0v) is 23.9. The molecule has 1 aromatic carbocycles. The Morgan fingerprint density at radius 2 is 1.85 bits per heavy atom. The summed E-state index contributed by atoms with van der Waals surface area (Å²) in [6.45, 7) is 9.70. The van der Waals surface area contributed by atoms with Gasteiger partial charge in [0.1, 0.15) is 16.9 Å². The molecule has 0 unspecified atom stereocenters. The second-order valence-electron chi connectivity index (χ2n) is 10.4. The SMILES string of the molecule is CCc1nc2c(C)cc(C(=O)O)nc2n1Cc1c2ccocc-2c(Br)c1-c1ccccc1C(=O)OC(C)(C)C. The third-order valence-corrected chi connectivity index (χ3v) is 7.34. The summed E-state index contributed by atoms with van der Waals surface area (Å²) in [6.07, 6.45) is 3.90. The van der Waals surface area contributed by atoms with Gasteiger partial charge in [-0.15, -0.1) is 0 Å². The first kappa shape index (κ1) is 26.6. The summed E-state index contributed by atoms with van der Waals surface area (Å²) in [5, 5.41) is 9.66. The molecule has 200 valence electrons. The lowest BCUT2D eigenvalue weighted by Gasteiger charge is -2.21. The summed E-state index contributed by atoms with van der Waals surface area (Å²) in [4.78, 5) is 34.4. The predicted molar refractivity (Wildman–Crippen MR) is 151 cm³/mol. The number of halogens is 1. The molecule has 39 heavy (non-hydrogen) atoms. The Bertz CT molecular complexity index is 1710. The van der Waals surface area contributed by atoms with E-state index < -0.39 is 17.5 Å². The number of carbonyl (C=O) groups excluding carboxylic acids is 1. The van der Waals surface area contributed by atoms with Gasteiger partial charge in [-0.25, -0.2) is 19.6 Å². The Hall–Kier alpha value is -3.98. The van der Waals surface area contributed by atoms with Gasteiger partial charge in [-0.05, 0) is 84.1 Å². The highest BCUT2D eigenvalue weighted by Crippen LogP contribution is 2.47. The molecular weight excluding hydrogens is 562 g/mol. The number of carboxylic acids is 1. The summed E-state index contributed by atoms with van der Waals surface area (Å²) in [6, 6.07) is 10.8. The molecule has 5 rings (SSSR count). The molecule has 0 saturated heterocycles. The molecule has 1 aliphatic heterocycles. The van der Waals surface area contributed by atoms with Gasteiger partial charge in [-0.1, -0.05) is 25.1 Å². The fourth-order valence-corrected chi connectivity index (χ4v) is 5.61. The van der Waals surface area contributed by atoms with E-state index >= 15 is 0 Å². The number of fused-ring (bicyclic) bond motifs is 2. The van der Waals surface area contributed by atoms with E-state index in [-0.39, 0.29) is 5.69 Å². The van der Waals surface area contributed by atoms with Crippen LogP contribution in [0, 0.1) is 6.92 Å². The Morgan fingerprint density at radius 1 is 1.10 bits per heavy atom. The molecule has 0 bridgehead atoms. The third-order valence-electron chi connectivity index (χ3n) is 6.51. The maximum Gasteiger partial charge on any atom is 0.354 e. The maximum atomic E-state index is 13.3. The van der Waals surface area contributed by atoms with Crippen LogP contribution in [0.3, 0.4) is 0 Å². The number of esters is 1. The van der Waals surface area contributed by atoms with E-state index in [9.17, 15) is 14.7 Å². The average Bonchev–Trinajstić information content (AvgIpc) is 3.38. The lowest BCUT2D eigenvalue weighted by molar-refractivity contribution is 0.00702. The van der Waals surface area contributed by atoms with Crippen LogP contribution in [-0.4, -0.2) is 37.2 Å². The fourth-order valence-electron chi connectivity index (χ4n) is 4.85. The van der Waals surface area contributed by atoms with E-state index in [0.29, 0.717) is 35.3 Å². The highest BCUT2D eigenvalue weighted by molar-refractivity contribution is 9.10. The van der Waals surface area contributed by atoms with Crippen molar-refractivity contribution in [2.24, 2.45) is 0 Å². The van der Waals surface area contributed by atoms with Gasteiger partial charge >= 0.3 is 11.9 Å². The minimum absolute atomic E-state index is 0.0355. The second-order valence-corrected chi connectivity index (χ2v) is 11.2. The number of rotatable bonds is 6. The first-order valence-corrected chi connectivity index (χ1v) is 13.4. The molecule has 0 amide bonds. The van der Waals surface area contributed by atoms with Crippen molar-refractivity contribution in [2.75, 3.05) is 0 Å². The smallest absolute Gasteiger partial charge is 0.354 e. The Morgan fingerprint density at radius 3 is 2.54 bits per heavy atom. The minimum Gasteiger partial charge on any atom is -0.477 e. The van der Waals surface area contributed by atoms with E-state index in [2.05, 4.69) is 20.9 Å². The van der Waals surface area contributed by atoms with Crippen LogP contribution < -0.4 is 0 Å². The van der Waals surface area contributed by atoms with E-state index in [0.717, 1.165) is 38.1 Å². The van der Waals surface area contributed by atoms with Crippen molar-refractivity contribution in [3.8, 4) is 22.3 Å². The van der Waals surface area contributed by atoms with Crippen LogP contribution in [0.1, 0.15) is 65.5 Å². The Labute approximate surface area is 234 Å². The predicted octanol–water partition coefficient (Wildman–Crippen LogP) is 7.13. The van der Waals surface area contributed by atoms with Crippen LogP contribution in [0.5, 0.6) is 0 Å². The quantitative estimate of drug-likeness (QED) is 0.210. The monoisotopic (exact) mass is 589 g/mol. The molecule has 0 fully saturated rings. The van der Waals surface area contributed by atoms with Crippen molar-refractivity contribution in [2.45, 2.75) is 53.2 Å². The highest BCUT2D eigenvalue weighted by atomic mass is 79.9. The molecule has 9 heteroatoms. The Kier molecular flexibility index (Phi) is 6.80. The lowest BCUT2D eigenvalue weighted by Crippen LogP contribution is -2.24. The summed E-state index contributed by atoms with van der Waals surface area (Å²) in [5.41, 5.74) is 5.88. The zero-order chi connectivity index (χ0) is 28.1. The van der Waals surface area contributed by atoms with Crippen molar-refractivity contribution in [1.82, 2.24) is 14.5 Å². The number of carboxylic acid groups (broad SMARTS) is 1. The van der Waals surface area contributed by atoms with E-state index in [1.54, 1.807) is 24.7 Å². The number of aromatic nitrogens is 3. The molecule has 8 nitrogen and oxygen atoms in total. The topological polar surface area (TPSA) is 107 Å². The van der Waals surface area contributed by atoms with Crippen molar-refractivity contribution in [3.63, 3.8) is 0 Å². The van der Waals surface area contributed by atoms with Gasteiger partial charge in [0, 0.05) is 22.0 Å². The number of imidazole rings is 1. The van der Waals surface area contributed by atoms with Crippen molar-refractivity contribution in [3.05, 3.63) is 81.6 Å². The van der Waals surface area contributed by atoms with Gasteiger partial charge in [-0.3, -0.25) is 0 Å². The number of hydrogen-bond donors (Lipinski definition) is 1. The number of carbonyl (C=O) groups is 2. The minimum atomic E-state index is -1.10. The number of hydrogen-bond acceptors (Lipinski definition) is 6. The van der Waals surface area contributed by atoms with E-state index in [1.807, 2.05) is 63.5 Å². The summed E-state index contributed by atoms with van der Waals surface area (Å²) in [5.74, 6) is -0.738. The average molecular weight is 590 g/mol. The maximum absolute atomic E-state index is 13.3. The first-order valence-electron chi connectivity index (χ1n) is 12.6. The molecule has 3 aromatic rings. The number of ether oxygens (including phenoxy) is 1. The molecule has 3 heterocycles. The molecule has 1 N–H and O–H groups in total. The molecule has 0 radical (unpaired) electrons. The normalized spacial score (nSPS) is 11.8. The largest absolute Gasteiger partial charge is 0.477 e. The fraction of sp³-hybridized carbons (Fsp3) is 0.267. The number of aryl methyl sites for hydroxylation is 2. The van der Waals surface area contributed by atoms with Gasteiger partial charge in [0.2, 0.25) is 0 Å². The van der Waals surface area contributed by atoms with Gasteiger partial charge in [0.25, 0.3) is 0 Å². The highest BCUT2D eigenvalue weighted by Gasteiger charge is 2.29. The zero-order valence-electron chi connectivity index (χ0n) is 22.3. The first-order chi connectivity index (χ1) is 18.5. The van der Waals surface area contributed by atoms with E-state index in [1.165, 1.54) is 0 Å². The summed E-state index contributed by atoms with van der Waals surface area (Å²) in [7, 11) is 0. The van der Waals surface area contributed by atoms with Gasteiger partial charge in [-0.2, -0.15) is 0 Å². The molecule has 1 aliphatic carbocycles. The van der Waals surface area contributed by atoms with E-state index in [4.69, 9.17) is 14.1 Å². The van der Waals surface area contributed by atoms with Crippen LogP contribution in [0.15, 0.2) is 57.8 Å². The van der Waals surface area contributed by atoms with Crippen molar-refractivity contribution in [1.29, 1.82) is 0 Å². The lowest BCUT2D eigenvalue weighted by atomic mass is 9.97. The molecule has 0 atom stereocenters. The Balaban J connectivity index is 1.77. The molecule has 2 aliphatic rings. The number of nitrogens with zero attached hydrogens (tertiary/aromatic N) is 3. The molecular formula is C30H28BrN3O5. The van der Waals surface area contributed by atoms with Gasteiger partial charge in [0.05, 0.1) is 24.6 Å². The van der Waals surface area contributed by atoms with Crippen LogP contribution >= 0.6 is 15.9 Å². The number of benzene rings is 1. The molecule has 2 aromatic heterocycles. The summed E-state index contributed by atoms with van der Waals surface area (Å²) < 4.78 is 14.0. The van der Waals surface area contributed by atoms with Crippen LogP contribution in [0.25, 0.3) is 33.4 Å². The van der Waals surface area contributed by atoms with Gasteiger partial charge in [0.15, 0.2) is 11.3 Å². The van der Waals surface area contributed by atoms with Crippen molar-refractivity contribution < 1.29 is 23.8 Å². The molecule has 0 spiro atoms. The third kappa shape index (κ3) is 4.83. The standard InChI is InChI=1S/C30H28BrN3O5/c1-6-23-33-26-16(2)13-22(28(35)36)32-27(26)34(23)14-20-17-11-12-38-15-21(17)25(31)24(20)18-9-7-8-10-19(18)29(37)39-30(3,4)5/h7-13,15H,6,14H2,1-5H3,(H,35,36). The summed E-state index contributed by atoms with van der Waals surface area (Å²) >= 11 is 3.79. The van der Waals surface area contributed by atoms with Crippen LogP contribution in [0.2, 0.25) is 0 Å². The van der Waals surface area contributed by atoms with Crippen LogP contribution in [0.4, 0.5) is 0 Å².